The standard InChI is InChI=1S/C17H19ClN2S/c1-3-13-7-8-14(21-13)11-20-16(9-10-18)19-15-6-4-5-12(2)17(15)20/h4-8H,3,9-11H2,1-2H3. The van der Waals surface area contributed by atoms with Crippen molar-refractivity contribution in [3.8, 4) is 0 Å². The topological polar surface area (TPSA) is 17.8 Å². The second kappa shape index (κ2) is 6.20. The van der Waals surface area contributed by atoms with Gasteiger partial charge in [0.25, 0.3) is 0 Å². The second-order valence-electron chi connectivity index (χ2n) is 5.22. The molecule has 0 radical (unpaired) electrons. The zero-order valence-corrected chi connectivity index (χ0v) is 14.0. The number of para-hydroxylation sites is 1. The summed E-state index contributed by atoms with van der Waals surface area (Å²) < 4.78 is 2.33. The van der Waals surface area contributed by atoms with Gasteiger partial charge in [0.05, 0.1) is 17.6 Å². The SMILES string of the molecule is CCc1ccc(Cn2c(CCCl)nc3cccc(C)c32)s1. The van der Waals surface area contributed by atoms with Gasteiger partial charge in [0.15, 0.2) is 0 Å². The molecule has 0 N–H and O–H groups in total. The van der Waals surface area contributed by atoms with E-state index in [0.29, 0.717) is 5.88 Å². The largest absolute Gasteiger partial charge is 0.322 e. The lowest BCUT2D eigenvalue weighted by Crippen LogP contribution is -2.05. The molecule has 3 rings (SSSR count). The molecule has 0 amide bonds. The number of thiophene rings is 1. The molecular formula is C17H19ClN2S. The Morgan fingerprint density at radius 1 is 1.19 bits per heavy atom. The molecule has 0 aliphatic rings. The molecule has 0 spiro atoms. The number of halogens is 1. The van der Waals surface area contributed by atoms with Crippen LogP contribution in [0.5, 0.6) is 0 Å². The lowest BCUT2D eigenvalue weighted by atomic mass is 10.2. The monoisotopic (exact) mass is 318 g/mol. The van der Waals surface area contributed by atoms with Crippen LogP contribution in [0.2, 0.25) is 0 Å². The average Bonchev–Trinajstić information content (AvgIpc) is 3.06. The van der Waals surface area contributed by atoms with Crippen LogP contribution >= 0.6 is 22.9 Å². The molecule has 0 unspecified atom stereocenters. The summed E-state index contributed by atoms with van der Waals surface area (Å²) in [5, 5.41) is 0. The molecule has 3 aromatic rings. The predicted octanol–water partition coefficient (Wildman–Crippen LogP) is 4.80. The van der Waals surface area contributed by atoms with E-state index in [4.69, 9.17) is 16.6 Å². The van der Waals surface area contributed by atoms with Gasteiger partial charge in [-0.1, -0.05) is 19.1 Å². The van der Waals surface area contributed by atoms with Gasteiger partial charge >= 0.3 is 0 Å². The van der Waals surface area contributed by atoms with Crippen LogP contribution in [0, 0.1) is 6.92 Å². The first-order valence-electron chi connectivity index (χ1n) is 7.31. The highest BCUT2D eigenvalue weighted by Crippen LogP contribution is 2.25. The lowest BCUT2D eigenvalue weighted by molar-refractivity contribution is 0.762. The fourth-order valence-electron chi connectivity index (χ4n) is 2.71. The van der Waals surface area contributed by atoms with E-state index in [0.717, 1.165) is 30.7 Å². The van der Waals surface area contributed by atoms with Crippen molar-refractivity contribution in [2.24, 2.45) is 0 Å². The first-order chi connectivity index (χ1) is 10.2. The summed E-state index contributed by atoms with van der Waals surface area (Å²) in [5.74, 6) is 1.69. The second-order valence-corrected chi connectivity index (χ2v) is 6.85. The third kappa shape index (κ3) is 2.85. The zero-order valence-electron chi connectivity index (χ0n) is 12.4. The molecule has 4 heteroatoms. The van der Waals surface area contributed by atoms with Gasteiger partial charge in [-0.2, -0.15) is 0 Å². The highest BCUT2D eigenvalue weighted by molar-refractivity contribution is 7.11. The molecule has 0 saturated carbocycles. The Morgan fingerprint density at radius 2 is 2.00 bits per heavy atom. The highest BCUT2D eigenvalue weighted by atomic mass is 35.5. The molecule has 110 valence electrons. The van der Waals surface area contributed by atoms with Crippen LogP contribution < -0.4 is 0 Å². The lowest BCUT2D eigenvalue weighted by Gasteiger charge is -2.08. The number of benzene rings is 1. The minimum absolute atomic E-state index is 0.604. The molecular weight excluding hydrogens is 300 g/mol. The summed E-state index contributed by atoms with van der Waals surface area (Å²) in [4.78, 5) is 7.58. The molecule has 2 nitrogen and oxygen atoms in total. The Hall–Kier alpha value is -1.32. The zero-order chi connectivity index (χ0) is 14.8. The van der Waals surface area contributed by atoms with Gasteiger partial charge in [-0.05, 0) is 37.1 Å². The van der Waals surface area contributed by atoms with Crippen molar-refractivity contribution in [2.45, 2.75) is 33.2 Å². The maximum absolute atomic E-state index is 5.95. The molecule has 0 saturated heterocycles. The van der Waals surface area contributed by atoms with Crippen molar-refractivity contribution in [3.05, 3.63) is 51.5 Å². The predicted molar refractivity (Wildman–Crippen MR) is 91.7 cm³/mol. The minimum Gasteiger partial charge on any atom is -0.322 e. The number of hydrogen-bond acceptors (Lipinski definition) is 2. The summed E-state index contributed by atoms with van der Waals surface area (Å²) in [6, 6.07) is 10.8. The number of alkyl halides is 1. The Bertz CT molecular complexity index is 757. The Morgan fingerprint density at radius 3 is 2.71 bits per heavy atom. The summed E-state index contributed by atoms with van der Waals surface area (Å²) >= 11 is 7.84. The van der Waals surface area contributed by atoms with Gasteiger partial charge in [0.2, 0.25) is 0 Å². The fourth-order valence-corrected chi connectivity index (χ4v) is 3.83. The molecule has 2 aromatic heterocycles. The summed E-state index contributed by atoms with van der Waals surface area (Å²) in [6.45, 7) is 5.24. The van der Waals surface area contributed by atoms with Crippen LogP contribution in [0.1, 0.15) is 28.1 Å². The van der Waals surface area contributed by atoms with E-state index in [-0.39, 0.29) is 0 Å². The quantitative estimate of drug-likeness (QED) is 0.618. The third-order valence-corrected chi connectivity index (χ3v) is 5.15. The van der Waals surface area contributed by atoms with E-state index in [2.05, 4.69) is 48.7 Å². The van der Waals surface area contributed by atoms with Crippen molar-refractivity contribution >= 4 is 34.0 Å². The van der Waals surface area contributed by atoms with Gasteiger partial charge in [0, 0.05) is 22.1 Å². The maximum atomic E-state index is 5.95. The van der Waals surface area contributed by atoms with Crippen molar-refractivity contribution in [1.82, 2.24) is 9.55 Å². The summed E-state index contributed by atoms with van der Waals surface area (Å²) in [6.07, 6.45) is 1.91. The number of aromatic nitrogens is 2. The van der Waals surface area contributed by atoms with Crippen molar-refractivity contribution in [3.63, 3.8) is 0 Å². The molecule has 0 bridgehead atoms. The molecule has 1 aromatic carbocycles. The average molecular weight is 319 g/mol. The summed E-state index contributed by atoms with van der Waals surface area (Å²) in [5.41, 5.74) is 3.58. The van der Waals surface area contributed by atoms with E-state index in [1.807, 2.05) is 11.3 Å². The van der Waals surface area contributed by atoms with Crippen LogP contribution in [0.3, 0.4) is 0 Å². The highest BCUT2D eigenvalue weighted by Gasteiger charge is 2.13. The van der Waals surface area contributed by atoms with E-state index in [9.17, 15) is 0 Å². The van der Waals surface area contributed by atoms with Crippen LogP contribution in [0.25, 0.3) is 11.0 Å². The van der Waals surface area contributed by atoms with Crippen molar-refractivity contribution in [1.29, 1.82) is 0 Å². The van der Waals surface area contributed by atoms with E-state index >= 15 is 0 Å². The van der Waals surface area contributed by atoms with Crippen LogP contribution in [-0.4, -0.2) is 15.4 Å². The van der Waals surface area contributed by atoms with Gasteiger partial charge in [-0.15, -0.1) is 22.9 Å². The van der Waals surface area contributed by atoms with Crippen LogP contribution in [-0.2, 0) is 19.4 Å². The number of imidazole rings is 1. The van der Waals surface area contributed by atoms with Crippen molar-refractivity contribution < 1.29 is 0 Å². The fraction of sp³-hybridized carbons (Fsp3) is 0.353. The van der Waals surface area contributed by atoms with E-state index in [1.54, 1.807) is 0 Å². The van der Waals surface area contributed by atoms with Crippen LogP contribution in [0.15, 0.2) is 30.3 Å². The first-order valence-corrected chi connectivity index (χ1v) is 8.66. The molecule has 0 fully saturated rings. The number of nitrogens with zero attached hydrogens (tertiary/aromatic N) is 2. The minimum atomic E-state index is 0.604. The molecule has 0 aliphatic heterocycles. The Labute approximate surface area is 134 Å². The molecule has 0 atom stereocenters. The molecule has 2 heterocycles. The van der Waals surface area contributed by atoms with Crippen LogP contribution in [0.4, 0.5) is 0 Å². The first kappa shape index (κ1) is 14.6. The van der Waals surface area contributed by atoms with E-state index < -0.39 is 0 Å². The van der Waals surface area contributed by atoms with Crippen molar-refractivity contribution in [2.75, 3.05) is 5.88 Å². The van der Waals surface area contributed by atoms with Gasteiger partial charge in [-0.3, -0.25) is 0 Å². The number of rotatable bonds is 5. The van der Waals surface area contributed by atoms with Gasteiger partial charge < -0.3 is 4.57 Å². The molecule has 21 heavy (non-hydrogen) atoms. The third-order valence-electron chi connectivity index (χ3n) is 3.75. The normalized spacial score (nSPS) is 11.4. The number of hydrogen-bond donors (Lipinski definition) is 0. The smallest absolute Gasteiger partial charge is 0.111 e. The van der Waals surface area contributed by atoms with Gasteiger partial charge in [0.1, 0.15) is 5.82 Å². The number of aryl methyl sites for hydroxylation is 3. The van der Waals surface area contributed by atoms with E-state index in [1.165, 1.54) is 20.8 Å². The Balaban J connectivity index is 2.07. The number of fused-ring (bicyclic) bond motifs is 1. The molecule has 0 aliphatic carbocycles. The maximum Gasteiger partial charge on any atom is 0.111 e. The van der Waals surface area contributed by atoms with Gasteiger partial charge in [-0.25, -0.2) is 4.98 Å². The summed E-state index contributed by atoms with van der Waals surface area (Å²) in [7, 11) is 0. The Kier molecular flexibility index (Phi) is 4.32.